The van der Waals surface area contributed by atoms with Crippen LogP contribution in [-0.2, 0) is 4.79 Å². The van der Waals surface area contributed by atoms with Gasteiger partial charge in [0, 0.05) is 6.07 Å². The number of aromatic carboxylic acids is 1. The van der Waals surface area contributed by atoms with Gasteiger partial charge in [-0.25, -0.2) is 14.2 Å². The first-order valence-corrected chi connectivity index (χ1v) is 7.85. The number of amides is 1. The van der Waals surface area contributed by atoms with Crippen molar-refractivity contribution in [1.29, 1.82) is 0 Å². The van der Waals surface area contributed by atoms with Crippen molar-refractivity contribution in [2.75, 3.05) is 0 Å². The van der Waals surface area contributed by atoms with Gasteiger partial charge in [-0.3, -0.25) is 4.79 Å². The highest BCUT2D eigenvalue weighted by Gasteiger charge is 2.24. The molecule has 0 aromatic heterocycles. The van der Waals surface area contributed by atoms with Crippen molar-refractivity contribution in [2.45, 2.75) is 0 Å². The van der Waals surface area contributed by atoms with Crippen LogP contribution >= 0.6 is 11.8 Å². The van der Waals surface area contributed by atoms with E-state index in [2.05, 4.69) is 10.3 Å². The van der Waals surface area contributed by atoms with Crippen LogP contribution in [0.3, 0.4) is 0 Å². The van der Waals surface area contributed by atoms with Gasteiger partial charge in [0.1, 0.15) is 17.1 Å². The second-order valence-corrected chi connectivity index (χ2v) is 6.07. The number of benzene rings is 2. The maximum Gasteiger partial charge on any atom is 0.339 e. The van der Waals surface area contributed by atoms with Gasteiger partial charge in [0.05, 0.1) is 10.6 Å². The van der Waals surface area contributed by atoms with Crippen molar-refractivity contribution in [3.8, 4) is 5.75 Å². The Hall–Kier alpha value is -3.13. The molecular weight excluding hydrogens is 347 g/mol. The van der Waals surface area contributed by atoms with Crippen molar-refractivity contribution in [1.82, 2.24) is 5.32 Å². The molecule has 0 atom stereocenters. The zero-order chi connectivity index (χ0) is 18.0. The van der Waals surface area contributed by atoms with Gasteiger partial charge in [-0.2, -0.15) is 0 Å². The largest absolute Gasteiger partial charge is 0.507 e. The van der Waals surface area contributed by atoms with Gasteiger partial charge >= 0.3 is 5.97 Å². The number of amidine groups is 1. The van der Waals surface area contributed by atoms with Crippen LogP contribution in [-0.4, -0.2) is 27.3 Å². The number of halogens is 1. The molecule has 6 nitrogen and oxygen atoms in total. The predicted octanol–water partition coefficient (Wildman–Crippen LogP) is 3.12. The molecule has 1 saturated heterocycles. The topological polar surface area (TPSA) is 99.0 Å². The number of aliphatic imine (C=N–C) groups is 1. The summed E-state index contributed by atoms with van der Waals surface area (Å²) in [6.45, 7) is 0. The first-order chi connectivity index (χ1) is 11.9. The molecule has 25 heavy (non-hydrogen) atoms. The molecule has 0 radical (unpaired) electrons. The Morgan fingerprint density at radius 1 is 1.20 bits per heavy atom. The van der Waals surface area contributed by atoms with Crippen LogP contribution in [0.1, 0.15) is 15.9 Å². The van der Waals surface area contributed by atoms with Gasteiger partial charge in [0.25, 0.3) is 5.91 Å². The summed E-state index contributed by atoms with van der Waals surface area (Å²) in [5.74, 6) is -2.37. The van der Waals surface area contributed by atoms with Gasteiger partial charge in [-0.1, -0.05) is 12.1 Å². The fourth-order valence-electron chi connectivity index (χ4n) is 2.08. The highest BCUT2D eigenvalue weighted by Crippen LogP contribution is 2.30. The number of thioether (sulfide) groups is 1. The Bertz CT molecular complexity index is 923. The summed E-state index contributed by atoms with van der Waals surface area (Å²) < 4.78 is 12.9. The van der Waals surface area contributed by atoms with E-state index in [1.165, 1.54) is 30.3 Å². The normalized spacial score (nSPS) is 17.1. The minimum Gasteiger partial charge on any atom is -0.507 e. The molecule has 3 N–H and O–H groups in total. The van der Waals surface area contributed by atoms with Crippen molar-refractivity contribution in [3.05, 3.63) is 64.3 Å². The zero-order valence-electron chi connectivity index (χ0n) is 12.6. The molecule has 0 bridgehead atoms. The van der Waals surface area contributed by atoms with Crippen LogP contribution in [0.5, 0.6) is 5.75 Å². The minimum atomic E-state index is -1.25. The third kappa shape index (κ3) is 3.86. The second kappa shape index (κ2) is 6.78. The number of carboxylic acids is 1. The van der Waals surface area contributed by atoms with Crippen LogP contribution in [0.4, 0.5) is 10.1 Å². The maximum atomic E-state index is 12.9. The molecule has 2 aromatic rings. The maximum absolute atomic E-state index is 12.9. The molecule has 0 unspecified atom stereocenters. The lowest BCUT2D eigenvalue weighted by atomic mass is 10.2. The lowest BCUT2D eigenvalue weighted by Crippen LogP contribution is -2.19. The molecule has 8 heteroatoms. The minimum absolute atomic E-state index is 0.232. The Kier molecular flexibility index (Phi) is 4.53. The summed E-state index contributed by atoms with van der Waals surface area (Å²) >= 11 is 1.09. The Labute approximate surface area is 145 Å². The molecule has 3 rings (SSSR count). The summed E-state index contributed by atoms with van der Waals surface area (Å²) in [5.41, 5.74) is 0.737. The number of aromatic hydroxyl groups is 1. The fraction of sp³-hybridized carbons (Fsp3) is 0. The van der Waals surface area contributed by atoms with Gasteiger partial charge in [0.2, 0.25) is 0 Å². The highest BCUT2D eigenvalue weighted by atomic mass is 32.2. The molecule has 1 aliphatic heterocycles. The number of phenols is 1. The van der Waals surface area contributed by atoms with E-state index in [4.69, 9.17) is 5.11 Å². The molecule has 0 aliphatic carbocycles. The van der Waals surface area contributed by atoms with E-state index in [1.54, 1.807) is 18.2 Å². The quantitative estimate of drug-likeness (QED) is 0.732. The van der Waals surface area contributed by atoms with Crippen LogP contribution in [0.15, 0.2) is 52.4 Å². The van der Waals surface area contributed by atoms with Gasteiger partial charge < -0.3 is 15.5 Å². The number of carbonyl (C=O) groups excluding carboxylic acids is 1. The molecule has 1 heterocycles. The molecule has 1 amide bonds. The number of carboxylic acid groups (broad SMARTS) is 1. The summed E-state index contributed by atoms with van der Waals surface area (Å²) in [7, 11) is 0. The molecule has 1 fully saturated rings. The molecule has 2 aromatic carbocycles. The van der Waals surface area contributed by atoms with Gasteiger partial charge in [-0.15, -0.1) is 0 Å². The van der Waals surface area contributed by atoms with Gasteiger partial charge in [0.15, 0.2) is 5.17 Å². The van der Waals surface area contributed by atoms with Gasteiger partial charge in [-0.05, 0) is 47.7 Å². The summed E-state index contributed by atoms with van der Waals surface area (Å²) in [6.07, 6.45) is 1.60. The van der Waals surface area contributed by atoms with E-state index in [1.807, 2.05) is 0 Å². The predicted molar refractivity (Wildman–Crippen MR) is 92.3 cm³/mol. The number of nitrogens with one attached hydrogen (secondary N) is 1. The van der Waals surface area contributed by atoms with Crippen LogP contribution in [0.25, 0.3) is 6.08 Å². The summed E-state index contributed by atoms with van der Waals surface area (Å²) in [4.78, 5) is 27.4. The average molecular weight is 358 g/mol. The lowest BCUT2D eigenvalue weighted by molar-refractivity contribution is -0.115. The SMILES string of the molecule is O=C1NC(=Nc2ccc(C(=O)O)c(O)c2)S/C1=C\c1ccc(F)cc1. The fourth-order valence-corrected chi connectivity index (χ4v) is 2.92. The third-order valence-electron chi connectivity index (χ3n) is 3.26. The number of nitrogens with zero attached hydrogens (tertiary/aromatic N) is 1. The van der Waals surface area contributed by atoms with Crippen molar-refractivity contribution >= 4 is 40.6 Å². The highest BCUT2D eigenvalue weighted by molar-refractivity contribution is 8.18. The Morgan fingerprint density at radius 3 is 2.56 bits per heavy atom. The van der Waals surface area contributed by atoms with E-state index in [0.29, 0.717) is 21.3 Å². The first-order valence-electron chi connectivity index (χ1n) is 7.04. The number of rotatable bonds is 3. The molecule has 0 saturated carbocycles. The number of hydrogen-bond acceptors (Lipinski definition) is 5. The number of hydrogen-bond donors (Lipinski definition) is 3. The van der Waals surface area contributed by atoms with Crippen molar-refractivity contribution < 1.29 is 24.2 Å². The van der Waals surface area contributed by atoms with Crippen LogP contribution in [0.2, 0.25) is 0 Å². The van der Waals surface area contributed by atoms with E-state index < -0.39 is 11.7 Å². The zero-order valence-corrected chi connectivity index (χ0v) is 13.4. The Morgan fingerprint density at radius 2 is 1.92 bits per heavy atom. The molecular formula is C17H11FN2O4S. The van der Waals surface area contributed by atoms with E-state index in [9.17, 15) is 19.1 Å². The number of carbonyl (C=O) groups is 2. The van der Waals surface area contributed by atoms with Crippen molar-refractivity contribution in [3.63, 3.8) is 0 Å². The molecule has 1 aliphatic rings. The summed E-state index contributed by atoms with van der Waals surface area (Å²) in [6, 6.07) is 9.54. The standard InChI is InChI=1S/C17H11FN2O4S/c18-10-3-1-9(2-4-10)7-14-15(22)20-17(25-14)19-11-5-6-12(16(23)24)13(21)8-11/h1-8,21H,(H,23,24)(H,19,20,22)/b14-7-. The molecule has 0 spiro atoms. The average Bonchev–Trinajstić information content (AvgIpc) is 2.88. The van der Waals surface area contributed by atoms with Crippen LogP contribution < -0.4 is 5.32 Å². The van der Waals surface area contributed by atoms with E-state index in [-0.39, 0.29) is 17.3 Å². The monoisotopic (exact) mass is 358 g/mol. The third-order valence-corrected chi connectivity index (χ3v) is 4.17. The summed E-state index contributed by atoms with van der Waals surface area (Å²) in [5, 5.41) is 21.4. The van der Waals surface area contributed by atoms with E-state index >= 15 is 0 Å². The van der Waals surface area contributed by atoms with E-state index in [0.717, 1.165) is 11.8 Å². The molecule has 126 valence electrons. The lowest BCUT2D eigenvalue weighted by Gasteiger charge is -2.01. The van der Waals surface area contributed by atoms with Crippen molar-refractivity contribution in [2.24, 2.45) is 4.99 Å². The first kappa shape index (κ1) is 16.7. The van der Waals surface area contributed by atoms with Crippen LogP contribution in [0, 0.1) is 5.82 Å². The smallest absolute Gasteiger partial charge is 0.339 e. The second-order valence-electron chi connectivity index (χ2n) is 5.04. The Balaban J connectivity index is 1.82.